The highest BCUT2D eigenvalue weighted by molar-refractivity contribution is 6.35. The minimum Gasteiger partial charge on any atom is -0.491 e. The Morgan fingerprint density at radius 2 is 1.96 bits per heavy atom. The summed E-state index contributed by atoms with van der Waals surface area (Å²) in [6, 6.07) is 11.6. The molecule has 0 aromatic heterocycles. The van der Waals surface area contributed by atoms with Crippen LogP contribution in [0.25, 0.3) is 0 Å². The average Bonchev–Trinajstić information content (AvgIpc) is 3.23. The molecule has 1 saturated heterocycles. The molecule has 0 bridgehead atoms. The number of hydrogen-bond donors (Lipinski definition) is 0. The molecule has 1 fully saturated rings. The summed E-state index contributed by atoms with van der Waals surface area (Å²) in [4.78, 5) is 14.8. The molecule has 2 heterocycles. The number of anilines is 1. The summed E-state index contributed by atoms with van der Waals surface area (Å²) in [6.07, 6.45) is 0. The van der Waals surface area contributed by atoms with Gasteiger partial charge in [0.15, 0.2) is 0 Å². The fourth-order valence-electron chi connectivity index (χ4n) is 3.84. The third-order valence-corrected chi connectivity index (χ3v) is 5.50. The number of aryl methyl sites for hydroxylation is 1. The van der Waals surface area contributed by atoms with E-state index in [0.717, 1.165) is 16.9 Å². The summed E-state index contributed by atoms with van der Waals surface area (Å²) in [5, 5.41) is 0.500. The molecule has 2 aliphatic heterocycles. The van der Waals surface area contributed by atoms with Gasteiger partial charge in [0.05, 0.1) is 30.5 Å². The number of halogens is 1. The van der Waals surface area contributed by atoms with Gasteiger partial charge in [0, 0.05) is 5.56 Å². The zero-order valence-electron chi connectivity index (χ0n) is 16.3. The third kappa shape index (κ3) is 3.08. The monoisotopic (exact) mass is 401 g/mol. The van der Waals surface area contributed by atoms with Gasteiger partial charge in [-0.3, -0.25) is 4.79 Å². The second-order valence-electron chi connectivity index (χ2n) is 7.45. The summed E-state index contributed by atoms with van der Waals surface area (Å²) >= 11 is 6.43. The van der Waals surface area contributed by atoms with E-state index in [1.807, 2.05) is 25.1 Å². The summed E-state index contributed by atoms with van der Waals surface area (Å²) < 4.78 is 17.6. The Kier molecular flexibility index (Phi) is 5.08. The van der Waals surface area contributed by atoms with E-state index in [1.54, 1.807) is 11.0 Å². The number of rotatable bonds is 5. The van der Waals surface area contributed by atoms with Crippen molar-refractivity contribution in [3.8, 4) is 5.75 Å². The Morgan fingerprint density at radius 1 is 1.21 bits per heavy atom. The Morgan fingerprint density at radius 3 is 2.68 bits per heavy atom. The average molecular weight is 402 g/mol. The van der Waals surface area contributed by atoms with Crippen molar-refractivity contribution in [2.75, 3.05) is 31.3 Å². The van der Waals surface area contributed by atoms with Crippen molar-refractivity contribution in [2.45, 2.75) is 32.5 Å². The molecular formula is C22H24ClNO4. The van der Waals surface area contributed by atoms with Crippen LogP contribution >= 0.6 is 11.6 Å². The van der Waals surface area contributed by atoms with Crippen LogP contribution in [-0.4, -0.2) is 32.3 Å². The molecule has 148 valence electrons. The minimum absolute atomic E-state index is 0.245. The largest absolute Gasteiger partial charge is 0.491 e. The van der Waals surface area contributed by atoms with E-state index >= 15 is 0 Å². The lowest BCUT2D eigenvalue weighted by molar-refractivity contribution is -0.180. The number of carbonyl (C=O) groups is 1. The second kappa shape index (κ2) is 7.39. The fourth-order valence-corrected chi connectivity index (χ4v) is 4.12. The number of amides is 1. The van der Waals surface area contributed by atoms with Crippen LogP contribution in [0.2, 0.25) is 5.02 Å². The number of hydrogen-bond acceptors (Lipinski definition) is 4. The SMILES string of the molecule is Cc1ccc(C(C)C)c(OCCN2C(=O)C3(OCCO3)c3cccc(Cl)c32)c1. The quantitative estimate of drug-likeness (QED) is 0.745. The molecule has 0 N–H and O–H groups in total. The van der Waals surface area contributed by atoms with Crippen molar-refractivity contribution >= 4 is 23.2 Å². The molecule has 4 rings (SSSR count). The molecule has 0 aliphatic carbocycles. The van der Waals surface area contributed by atoms with Gasteiger partial charge in [-0.15, -0.1) is 0 Å². The van der Waals surface area contributed by atoms with Gasteiger partial charge >= 0.3 is 0 Å². The second-order valence-corrected chi connectivity index (χ2v) is 7.86. The van der Waals surface area contributed by atoms with Crippen LogP contribution in [0.1, 0.15) is 36.5 Å². The molecule has 1 spiro atoms. The number of nitrogens with zero attached hydrogens (tertiary/aromatic N) is 1. The zero-order valence-corrected chi connectivity index (χ0v) is 17.1. The highest BCUT2D eigenvalue weighted by atomic mass is 35.5. The molecule has 0 radical (unpaired) electrons. The van der Waals surface area contributed by atoms with E-state index in [-0.39, 0.29) is 5.91 Å². The first-order chi connectivity index (χ1) is 13.4. The third-order valence-electron chi connectivity index (χ3n) is 5.20. The van der Waals surface area contributed by atoms with Gasteiger partial charge < -0.3 is 19.1 Å². The Bertz CT molecular complexity index is 905. The lowest BCUT2D eigenvalue weighted by Gasteiger charge is -2.22. The maximum absolute atomic E-state index is 13.2. The predicted molar refractivity (Wildman–Crippen MR) is 108 cm³/mol. The molecule has 2 aromatic carbocycles. The van der Waals surface area contributed by atoms with E-state index in [9.17, 15) is 4.79 Å². The van der Waals surface area contributed by atoms with E-state index in [4.69, 9.17) is 25.8 Å². The van der Waals surface area contributed by atoms with Crippen LogP contribution in [0, 0.1) is 6.92 Å². The molecule has 28 heavy (non-hydrogen) atoms. The topological polar surface area (TPSA) is 48.0 Å². The molecular weight excluding hydrogens is 378 g/mol. The molecule has 0 saturated carbocycles. The number of carbonyl (C=O) groups excluding carboxylic acids is 1. The van der Waals surface area contributed by atoms with Crippen LogP contribution in [0.3, 0.4) is 0 Å². The normalized spacial score (nSPS) is 17.6. The van der Waals surface area contributed by atoms with Crippen LogP contribution in [-0.2, 0) is 20.1 Å². The van der Waals surface area contributed by atoms with Gasteiger partial charge in [0.25, 0.3) is 11.7 Å². The number of fused-ring (bicyclic) bond motifs is 2. The molecule has 0 unspecified atom stereocenters. The summed E-state index contributed by atoms with van der Waals surface area (Å²) in [5.41, 5.74) is 3.60. The van der Waals surface area contributed by atoms with Gasteiger partial charge in [0.2, 0.25) is 0 Å². The van der Waals surface area contributed by atoms with Crippen LogP contribution < -0.4 is 9.64 Å². The number of benzene rings is 2. The van der Waals surface area contributed by atoms with Crippen molar-refractivity contribution in [3.05, 3.63) is 58.1 Å². The van der Waals surface area contributed by atoms with Crippen molar-refractivity contribution < 1.29 is 19.0 Å². The molecule has 0 atom stereocenters. The van der Waals surface area contributed by atoms with Crippen molar-refractivity contribution in [1.29, 1.82) is 0 Å². The standard InChI is InChI=1S/C22H24ClNO4/c1-14(2)16-8-7-15(3)13-19(16)26-10-9-24-20-17(5-4-6-18(20)23)22(21(24)25)27-11-12-28-22/h4-8,13-14H,9-12H2,1-3H3. The van der Waals surface area contributed by atoms with Crippen molar-refractivity contribution in [3.63, 3.8) is 0 Å². The van der Waals surface area contributed by atoms with Gasteiger partial charge in [-0.25, -0.2) is 0 Å². The van der Waals surface area contributed by atoms with Crippen LogP contribution in [0.15, 0.2) is 36.4 Å². The van der Waals surface area contributed by atoms with Crippen molar-refractivity contribution in [2.24, 2.45) is 0 Å². The molecule has 1 amide bonds. The smallest absolute Gasteiger partial charge is 0.292 e. The number of para-hydroxylation sites is 1. The van der Waals surface area contributed by atoms with E-state index < -0.39 is 5.79 Å². The van der Waals surface area contributed by atoms with Gasteiger partial charge in [-0.1, -0.05) is 49.7 Å². The zero-order chi connectivity index (χ0) is 19.9. The lowest BCUT2D eigenvalue weighted by atomic mass is 10.0. The summed E-state index contributed by atoms with van der Waals surface area (Å²) in [5.74, 6) is -0.413. The maximum Gasteiger partial charge on any atom is 0.292 e. The minimum atomic E-state index is -1.37. The van der Waals surface area contributed by atoms with Crippen LogP contribution in [0.5, 0.6) is 5.75 Å². The predicted octanol–water partition coefficient (Wildman–Crippen LogP) is 4.40. The molecule has 2 aromatic rings. The van der Waals surface area contributed by atoms with Gasteiger partial charge in [-0.05, 0) is 36.1 Å². The summed E-state index contributed by atoms with van der Waals surface area (Å²) in [6.45, 7) is 7.76. The summed E-state index contributed by atoms with van der Waals surface area (Å²) in [7, 11) is 0. The Labute approximate surface area is 170 Å². The Hall–Kier alpha value is -2.08. The van der Waals surface area contributed by atoms with E-state index in [0.29, 0.717) is 48.6 Å². The van der Waals surface area contributed by atoms with Gasteiger partial charge in [0.1, 0.15) is 12.4 Å². The first-order valence-corrected chi connectivity index (χ1v) is 9.94. The van der Waals surface area contributed by atoms with Crippen LogP contribution in [0.4, 0.5) is 5.69 Å². The van der Waals surface area contributed by atoms with E-state index in [1.165, 1.54) is 0 Å². The molecule has 5 nitrogen and oxygen atoms in total. The van der Waals surface area contributed by atoms with E-state index in [2.05, 4.69) is 26.0 Å². The Balaban J connectivity index is 1.57. The number of ether oxygens (including phenoxy) is 3. The molecule has 2 aliphatic rings. The first-order valence-electron chi connectivity index (χ1n) is 9.56. The lowest BCUT2D eigenvalue weighted by Crippen LogP contribution is -2.42. The fraction of sp³-hybridized carbons (Fsp3) is 0.409. The highest BCUT2D eigenvalue weighted by Crippen LogP contribution is 2.48. The molecule has 6 heteroatoms. The maximum atomic E-state index is 13.2. The van der Waals surface area contributed by atoms with Gasteiger partial charge in [-0.2, -0.15) is 0 Å². The highest BCUT2D eigenvalue weighted by Gasteiger charge is 2.56. The first kappa shape index (κ1) is 19.2. The van der Waals surface area contributed by atoms with Crippen molar-refractivity contribution in [1.82, 2.24) is 0 Å².